The van der Waals surface area contributed by atoms with Crippen molar-refractivity contribution >= 4 is 28.4 Å². The number of nitrogens with zero attached hydrogens (tertiary/aromatic N) is 2. The minimum Gasteiger partial charge on any atom is -0.497 e. The average molecular weight is 444 g/mol. The van der Waals surface area contributed by atoms with Gasteiger partial charge in [0, 0.05) is 17.1 Å². The monoisotopic (exact) mass is 444 g/mol. The number of carbonyl (C=O) groups excluding carboxylic acids is 1. The van der Waals surface area contributed by atoms with Gasteiger partial charge in [0.05, 0.1) is 19.2 Å². The van der Waals surface area contributed by atoms with Crippen molar-refractivity contribution in [1.82, 2.24) is 9.55 Å². The van der Waals surface area contributed by atoms with Gasteiger partial charge in [-0.25, -0.2) is 9.59 Å². The van der Waals surface area contributed by atoms with Gasteiger partial charge in [0.25, 0.3) is 0 Å². The Labute approximate surface area is 188 Å². The highest BCUT2D eigenvalue weighted by Gasteiger charge is 2.17. The zero-order chi connectivity index (χ0) is 22.8. The van der Waals surface area contributed by atoms with Gasteiger partial charge in [0.2, 0.25) is 6.79 Å². The molecule has 4 aromatic rings. The topological polar surface area (TPSA) is 104 Å². The number of anilines is 2. The summed E-state index contributed by atoms with van der Waals surface area (Å²) in [5, 5.41) is 6.24. The highest BCUT2D eigenvalue weighted by atomic mass is 16.7. The predicted molar refractivity (Wildman–Crippen MR) is 123 cm³/mol. The first kappa shape index (κ1) is 20.4. The summed E-state index contributed by atoms with van der Waals surface area (Å²) in [6.45, 7) is 0.345. The molecule has 9 nitrogen and oxygen atoms in total. The summed E-state index contributed by atoms with van der Waals surface area (Å²) in [7, 11) is 1.58. The van der Waals surface area contributed by atoms with Crippen LogP contribution < -0.4 is 30.5 Å². The molecule has 0 aliphatic carbocycles. The third-order valence-electron chi connectivity index (χ3n) is 5.21. The fourth-order valence-electron chi connectivity index (χ4n) is 3.65. The molecule has 166 valence electrons. The van der Waals surface area contributed by atoms with Gasteiger partial charge < -0.3 is 19.5 Å². The van der Waals surface area contributed by atoms with E-state index in [1.54, 1.807) is 43.5 Å². The minimum absolute atomic E-state index is 0.143. The van der Waals surface area contributed by atoms with Crippen molar-refractivity contribution in [3.8, 4) is 17.2 Å². The van der Waals surface area contributed by atoms with Gasteiger partial charge in [0.15, 0.2) is 11.5 Å². The molecule has 5 rings (SSSR count). The third kappa shape index (κ3) is 4.16. The number of hydrogen-bond acceptors (Lipinski definition) is 6. The maximum absolute atomic E-state index is 12.9. The first-order chi connectivity index (χ1) is 16.1. The lowest BCUT2D eigenvalue weighted by Crippen LogP contribution is -2.30. The van der Waals surface area contributed by atoms with Crippen molar-refractivity contribution in [2.24, 2.45) is 0 Å². The van der Waals surface area contributed by atoms with Crippen molar-refractivity contribution in [3.05, 3.63) is 82.8 Å². The summed E-state index contributed by atoms with van der Waals surface area (Å²) in [6, 6.07) is 19.1. The first-order valence-electron chi connectivity index (χ1n) is 10.2. The van der Waals surface area contributed by atoms with Crippen molar-refractivity contribution in [2.75, 3.05) is 24.5 Å². The van der Waals surface area contributed by atoms with Crippen molar-refractivity contribution in [1.29, 1.82) is 0 Å². The first-order valence-corrected chi connectivity index (χ1v) is 10.2. The van der Waals surface area contributed by atoms with Crippen LogP contribution in [0.1, 0.15) is 5.56 Å². The fraction of sp³-hybridized carbons (Fsp3) is 0.125. The van der Waals surface area contributed by atoms with E-state index in [1.807, 2.05) is 30.3 Å². The van der Waals surface area contributed by atoms with Crippen LogP contribution in [0.25, 0.3) is 10.9 Å². The molecule has 2 N–H and O–H groups in total. The number of hydrogen-bond donors (Lipinski definition) is 2. The lowest BCUT2D eigenvalue weighted by atomic mass is 10.2. The number of rotatable bonds is 5. The SMILES string of the molecule is COc1cccc(Cn2c(NC(=O)Nc3ccc4c(c3)OCO4)c3ccccc3nc2=O)c1. The van der Waals surface area contributed by atoms with E-state index in [1.165, 1.54) is 4.57 Å². The number of methoxy groups -OCH3 is 1. The van der Waals surface area contributed by atoms with Crippen LogP contribution in [0.2, 0.25) is 0 Å². The second-order valence-electron chi connectivity index (χ2n) is 7.34. The Balaban J connectivity index is 1.49. The van der Waals surface area contributed by atoms with Gasteiger partial charge in [0.1, 0.15) is 11.6 Å². The molecule has 2 heterocycles. The Hall–Kier alpha value is -4.53. The van der Waals surface area contributed by atoms with E-state index in [2.05, 4.69) is 15.6 Å². The standard InChI is InChI=1S/C24H20N4O5/c1-31-17-6-4-5-15(11-17)13-28-22(18-7-2-3-8-19(18)26-24(28)30)27-23(29)25-16-9-10-20-21(12-16)33-14-32-20/h2-12H,13-14H2,1H3,(H2,25,27,29). The number of benzene rings is 3. The van der Waals surface area contributed by atoms with E-state index in [0.717, 1.165) is 5.56 Å². The van der Waals surface area contributed by atoms with Gasteiger partial charge >= 0.3 is 11.7 Å². The summed E-state index contributed by atoms with van der Waals surface area (Å²) in [6.07, 6.45) is 0. The summed E-state index contributed by atoms with van der Waals surface area (Å²) < 4.78 is 17.4. The highest BCUT2D eigenvalue weighted by Crippen LogP contribution is 2.34. The Kier molecular flexibility index (Phi) is 5.27. The smallest absolute Gasteiger partial charge is 0.350 e. The zero-order valence-corrected chi connectivity index (χ0v) is 17.7. The number of urea groups is 1. The van der Waals surface area contributed by atoms with E-state index < -0.39 is 11.7 Å². The molecule has 0 radical (unpaired) electrons. The summed E-state index contributed by atoms with van der Waals surface area (Å²) in [5.41, 5.74) is 1.36. The average Bonchev–Trinajstić information content (AvgIpc) is 3.29. The Morgan fingerprint density at radius 1 is 1.03 bits per heavy atom. The Bertz CT molecular complexity index is 1420. The molecule has 0 unspecified atom stereocenters. The number of amides is 2. The molecule has 33 heavy (non-hydrogen) atoms. The van der Waals surface area contributed by atoms with Crippen LogP contribution in [0.5, 0.6) is 17.2 Å². The van der Waals surface area contributed by atoms with E-state index in [0.29, 0.717) is 39.7 Å². The molecule has 0 atom stereocenters. The maximum atomic E-state index is 12.9. The van der Waals surface area contributed by atoms with Crippen molar-refractivity contribution in [2.45, 2.75) is 6.54 Å². The van der Waals surface area contributed by atoms with E-state index in [9.17, 15) is 9.59 Å². The molecule has 0 saturated carbocycles. The Morgan fingerprint density at radius 3 is 2.76 bits per heavy atom. The van der Waals surface area contributed by atoms with Gasteiger partial charge in [-0.05, 0) is 42.0 Å². The van der Waals surface area contributed by atoms with Gasteiger partial charge in [-0.1, -0.05) is 24.3 Å². The number of aromatic nitrogens is 2. The summed E-state index contributed by atoms with van der Waals surface area (Å²) in [5.74, 6) is 2.18. The van der Waals surface area contributed by atoms with Crippen LogP contribution in [0, 0.1) is 0 Å². The van der Waals surface area contributed by atoms with Crippen LogP contribution in [0.3, 0.4) is 0 Å². The summed E-state index contributed by atoms with van der Waals surface area (Å²) in [4.78, 5) is 30.0. The maximum Gasteiger partial charge on any atom is 0.350 e. The molecule has 3 aromatic carbocycles. The molecule has 1 aliphatic heterocycles. The van der Waals surface area contributed by atoms with Crippen LogP contribution in [-0.4, -0.2) is 29.5 Å². The second-order valence-corrected chi connectivity index (χ2v) is 7.34. The highest BCUT2D eigenvalue weighted by molar-refractivity contribution is 6.04. The molecule has 9 heteroatoms. The van der Waals surface area contributed by atoms with Crippen LogP contribution >= 0.6 is 0 Å². The number of para-hydroxylation sites is 1. The molecular formula is C24H20N4O5. The molecule has 0 spiro atoms. The fourth-order valence-corrected chi connectivity index (χ4v) is 3.65. The number of ether oxygens (including phenoxy) is 3. The number of carbonyl (C=O) groups is 1. The zero-order valence-electron chi connectivity index (χ0n) is 17.7. The molecule has 0 bridgehead atoms. The quantitative estimate of drug-likeness (QED) is 0.485. The van der Waals surface area contributed by atoms with Gasteiger partial charge in [-0.15, -0.1) is 0 Å². The molecule has 1 aliphatic rings. The summed E-state index contributed by atoms with van der Waals surface area (Å²) >= 11 is 0. The number of fused-ring (bicyclic) bond motifs is 2. The molecule has 2 amide bonds. The molecular weight excluding hydrogens is 424 g/mol. The Morgan fingerprint density at radius 2 is 1.88 bits per heavy atom. The number of nitrogens with one attached hydrogen (secondary N) is 2. The van der Waals surface area contributed by atoms with Crippen molar-refractivity contribution in [3.63, 3.8) is 0 Å². The van der Waals surface area contributed by atoms with Crippen LogP contribution in [0.15, 0.2) is 71.5 Å². The third-order valence-corrected chi connectivity index (χ3v) is 5.21. The predicted octanol–water partition coefficient (Wildman–Crippen LogP) is 3.83. The molecule has 0 saturated heterocycles. The lowest BCUT2D eigenvalue weighted by molar-refractivity contribution is 0.174. The van der Waals surface area contributed by atoms with Gasteiger partial charge in [-0.3, -0.25) is 9.88 Å². The minimum atomic E-state index is -0.510. The van der Waals surface area contributed by atoms with E-state index in [-0.39, 0.29) is 13.3 Å². The van der Waals surface area contributed by atoms with Crippen molar-refractivity contribution < 1.29 is 19.0 Å². The lowest BCUT2D eigenvalue weighted by Gasteiger charge is -2.16. The van der Waals surface area contributed by atoms with E-state index >= 15 is 0 Å². The van der Waals surface area contributed by atoms with Gasteiger partial charge in [-0.2, -0.15) is 4.98 Å². The van der Waals surface area contributed by atoms with Crippen LogP contribution in [-0.2, 0) is 6.54 Å². The van der Waals surface area contributed by atoms with Crippen LogP contribution in [0.4, 0.5) is 16.3 Å². The molecule has 1 aromatic heterocycles. The normalized spacial score (nSPS) is 11.9. The largest absolute Gasteiger partial charge is 0.497 e. The molecule has 0 fully saturated rings. The van der Waals surface area contributed by atoms with E-state index in [4.69, 9.17) is 14.2 Å². The second kappa shape index (κ2) is 8.54.